The molecule has 2 aromatic carbocycles. The average Bonchev–Trinajstić information content (AvgIpc) is 2.74. The molecule has 0 spiro atoms. The summed E-state index contributed by atoms with van der Waals surface area (Å²) in [7, 11) is 2.05. The van der Waals surface area contributed by atoms with E-state index in [9.17, 15) is 0 Å². The molecule has 5 nitrogen and oxygen atoms in total. The van der Waals surface area contributed by atoms with Crippen molar-refractivity contribution < 1.29 is 4.74 Å². The lowest BCUT2D eigenvalue weighted by molar-refractivity contribution is 0.444. The summed E-state index contributed by atoms with van der Waals surface area (Å²) in [5, 5.41) is 0.934. The molecule has 0 aliphatic heterocycles. The molecule has 4 aromatic rings. The van der Waals surface area contributed by atoms with Gasteiger partial charge in [-0.25, -0.2) is 4.98 Å². The first kappa shape index (κ1) is 17.0. The van der Waals surface area contributed by atoms with Gasteiger partial charge in [0.25, 0.3) is 0 Å². The molecule has 0 fully saturated rings. The van der Waals surface area contributed by atoms with Gasteiger partial charge in [0.2, 0.25) is 0 Å². The molecule has 4 rings (SSSR count). The van der Waals surface area contributed by atoms with E-state index >= 15 is 0 Å². The number of aromatic nitrogens is 3. The molecule has 0 atom stereocenters. The summed E-state index contributed by atoms with van der Waals surface area (Å²) < 4.78 is 5.79. The Morgan fingerprint density at radius 2 is 1.59 bits per heavy atom. The summed E-state index contributed by atoms with van der Waals surface area (Å²) in [6.07, 6.45) is 6.20. The van der Waals surface area contributed by atoms with Crippen LogP contribution in [0.3, 0.4) is 0 Å². The number of benzene rings is 2. The van der Waals surface area contributed by atoms with E-state index in [-0.39, 0.29) is 0 Å². The van der Waals surface area contributed by atoms with E-state index in [1.165, 1.54) is 5.56 Å². The maximum Gasteiger partial charge on any atom is 0.322 e. The number of hydrogen-bond acceptors (Lipinski definition) is 5. The highest BCUT2D eigenvalue weighted by Crippen LogP contribution is 2.27. The van der Waals surface area contributed by atoms with Crippen molar-refractivity contribution in [3.63, 3.8) is 0 Å². The van der Waals surface area contributed by atoms with Crippen LogP contribution in [0.4, 0.5) is 11.4 Å². The van der Waals surface area contributed by atoms with Crippen LogP contribution in [0.15, 0.2) is 73.2 Å². The summed E-state index contributed by atoms with van der Waals surface area (Å²) in [6.45, 7) is 2.16. The zero-order chi connectivity index (χ0) is 18.6. The molecule has 0 saturated heterocycles. The summed E-state index contributed by atoms with van der Waals surface area (Å²) in [4.78, 5) is 14.9. The van der Waals surface area contributed by atoms with Gasteiger partial charge < -0.3 is 9.64 Å². The van der Waals surface area contributed by atoms with Gasteiger partial charge in [0.05, 0.1) is 11.7 Å². The lowest BCUT2D eigenvalue weighted by atomic mass is 10.1. The molecular weight excluding hydrogens is 336 g/mol. The molecule has 0 radical (unpaired) electrons. The molecule has 2 heterocycles. The minimum Gasteiger partial charge on any atom is -0.424 e. The van der Waals surface area contributed by atoms with Crippen LogP contribution in [-0.2, 0) is 6.42 Å². The van der Waals surface area contributed by atoms with Crippen molar-refractivity contribution in [1.82, 2.24) is 15.0 Å². The Labute approximate surface area is 158 Å². The fourth-order valence-electron chi connectivity index (χ4n) is 2.85. The van der Waals surface area contributed by atoms with Gasteiger partial charge in [-0.15, -0.1) is 0 Å². The Kier molecular flexibility index (Phi) is 4.66. The zero-order valence-electron chi connectivity index (χ0n) is 15.3. The van der Waals surface area contributed by atoms with Crippen molar-refractivity contribution in [2.24, 2.45) is 0 Å². The summed E-state index contributed by atoms with van der Waals surface area (Å²) >= 11 is 0. The minimum absolute atomic E-state index is 0.312. The Balaban J connectivity index is 1.50. The fourth-order valence-corrected chi connectivity index (χ4v) is 2.85. The van der Waals surface area contributed by atoms with Crippen molar-refractivity contribution in [2.75, 3.05) is 11.9 Å². The van der Waals surface area contributed by atoms with Crippen molar-refractivity contribution >= 4 is 22.3 Å². The van der Waals surface area contributed by atoms with Crippen LogP contribution in [0.25, 0.3) is 10.9 Å². The number of fused-ring (bicyclic) bond motifs is 1. The van der Waals surface area contributed by atoms with Crippen LogP contribution in [0, 0.1) is 0 Å². The van der Waals surface area contributed by atoms with E-state index in [0.717, 1.165) is 28.7 Å². The normalized spacial score (nSPS) is 10.7. The first-order valence-corrected chi connectivity index (χ1v) is 8.90. The highest BCUT2D eigenvalue weighted by atomic mass is 16.5. The van der Waals surface area contributed by atoms with Gasteiger partial charge >= 0.3 is 6.01 Å². The van der Waals surface area contributed by atoms with E-state index < -0.39 is 0 Å². The molecule has 0 saturated carbocycles. The highest BCUT2D eigenvalue weighted by Gasteiger charge is 2.06. The number of rotatable bonds is 5. The van der Waals surface area contributed by atoms with Gasteiger partial charge in [-0.1, -0.05) is 19.1 Å². The third-order valence-corrected chi connectivity index (χ3v) is 4.53. The van der Waals surface area contributed by atoms with E-state index in [1.807, 2.05) is 30.3 Å². The van der Waals surface area contributed by atoms with Crippen molar-refractivity contribution in [3.05, 3.63) is 78.8 Å². The molecular formula is C22H20N4O. The minimum atomic E-state index is 0.312. The number of pyridine rings is 1. The second-order valence-electron chi connectivity index (χ2n) is 6.26. The van der Waals surface area contributed by atoms with Gasteiger partial charge in [0.15, 0.2) is 0 Å². The monoisotopic (exact) mass is 356 g/mol. The first-order valence-electron chi connectivity index (χ1n) is 8.90. The quantitative estimate of drug-likeness (QED) is 0.495. The molecule has 0 aliphatic rings. The van der Waals surface area contributed by atoms with Gasteiger partial charge in [-0.2, -0.15) is 4.98 Å². The maximum atomic E-state index is 5.79. The molecule has 2 aromatic heterocycles. The SMILES string of the molecule is CCc1ccc(N(C)c2ccc(Oc3ncc4ccncc4n3)cc2)cc1. The number of hydrogen-bond donors (Lipinski definition) is 0. The van der Waals surface area contributed by atoms with E-state index in [4.69, 9.17) is 4.74 Å². The van der Waals surface area contributed by atoms with E-state index in [2.05, 4.69) is 58.1 Å². The van der Waals surface area contributed by atoms with Crippen LogP contribution in [-0.4, -0.2) is 22.0 Å². The molecule has 134 valence electrons. The van der Waals surface area contributed by atoms with Crippen LogP contribution in [0.5, 0.6) is 11.8 Å². The second kappa shape index (κ2) is 7.41. The Bertz CT molecular complexity index is 1050. The summed E-state index contributed by atoms with van der Waals surface area (Å²) in [5.74, 6) is 0.691. The van der Waals surface area contributed by atoms with Gasteiger partial charge in [-0.05, 0) is 54.4 Å². The third-order valence-electron chi connectivity index (χ3n) is 4.53. The van der Waals surface area contributed by atoms with Crippen LogP contribution in [0.2, 0.25) is 0 Å². The second-order valence-corrected chi connectivity index (χ2v) is 6.26. The molecule has 27 heavy (non-hydrogen) atoms. The number of ether oxygens (including phenoxy) is 1. The maximum absolute atomic E-state index is 5.79. The van der Waals surface area contributed by atoms with Crippen molar-refractivity contribution in [1.29, 1.82) is 0 Å². The van der Waals surface area contributed by atoms with Crippen LogP contribution >= 0.6 is 0 Å². The lowest BCUT2D eigenvalue weighted by Crippen LogP contribution is -2.09. The summed E-state index contributed by atoms with van der Waals surface area (Å²) in [5.41, 5.74) is 4.32. The predicted molar refractivity (Wildman–Crippen MR) is 108 cm³/mol. The summed E-state index contributed by atoms with van der Waals surface area (Å²) in [6, 6.07) is 18.7. The Morgan fingerprint density at radius 3 is 2.30 bits per heavy atom. The standard InChI is InChI=1S/C22H20N4O/c1-3-16-4-6-18(7-5-16)26(2)19-8-10-20(11-9-19)27-22-24-14-17-12-13-23-15-21(17)25-22/h4-15H,3H2,1-2H3. The van der Waals surface area contributed by atoms with E-state index in [1.54, 1.807) is 18.6 Å². The van der Waals surface area contributed by atoms with Crippen LogP contribution < -0.4 is 9.64 Å². The average molecular weight is 356 g/mol. The number of anilines is 2. The Morgan fingerprint density at radius 1 is 0.889 bits per heavy atom. The molecule has 5 heteroatoms. The fraction of sp³-hybridized carbons (Fsp3) is 0.136. The lowest BCUT2D eigenvalue weighted by Gasteiger charge is -2.20. The van der Waals surface area contributed by atoms with Gasteiger partial charge in [0, 0.05) is 36.2 Å². The molecule has 0 amide bonds. The molecule has 0 aliphatic carbocycles. The predicted octanol–water partition coefficient (Wildman–Crippen LogP) is 5.15. The molecule has 0 bridgehead atoms. The van der Waals surface area contributed by atoms with E-state index in [0.29, 0.717) is 11.8 Å². The molecule has 0 N–H and O–H groups in total. The highest BCUT2D eigenvalue weighted by molar-refractivity contribution is 5.76. The van der Waals surface area contributed by atoms with Crippen molar-refractivity contribution in [3.8, 4) is 11.8 Å². The number of aryl methyl sites for hydroxylation is 1. The Hall–Kier alpha value is -3.47. The first-order chi connectivity index (χ1) is 13.2. The van der Waals surface area contributed by atoms with Gasteiger partial charge in [0.1, 0.15) is 5.75 Å². The molecule has 0 unspecified atom stereocenters. The van der Waals surface area contributed by atoms with Crippen LogP contribution in [0.1, 0.15) is 12.5 Å². The number of nitrogens with zero attached hydrogens (tertiary/aromatic N) is 4. The largest absolute Gasteiger partial charge is 0.424 e. The third kappa shape index (κ3) is 3.72. The topological polar surface area (TPSA) is 51.1 Å². The van der Waals surface area contributed by atoms with Crippen molar-refractivity contribution in [2.45, 2.75) is 13.3 Å². The smallest absolute Gasteiger partial charge is 0.322 e. The zero-order valence-corrected chi connectivity index (χ0v) is 15.3. The van der Waals surface area contributed by atoms with Gasteiger partial charge in [-0.3, -0.25) is 4.98 Å².